The van der Waals surface area contributed by atoms with E-state index in [1.54, 1.807) is 0 Å². The zero-order valence-corrected chi connectivity index (χ0v) is 13.3. The first-order valence-electron chi connectivity index (χ1n) is 7.78. The summed E-state index contributed by atoms with van der Waals surface area (Å²) in [5, 5.41) is 3.68. The first-order valence-corrected chi connectivity index (χ1v) is 7.78. The van der Waals surface area contributed by atoms with Gasteiger partial charge in [-0.25, -0.2) is 0 Å². The summed E-state index contributed by atoms with van der Waals surface area (Å²) in [5.41, 5.74) is 3.81. The Bertz CT molecular complexity index is 370. The number of rotatable bonds is 8. The molecule has 2 heteroatoms. The predicted molar refractivity (Wildman–Crippen MR) is 83.4 cm³/mol. The SMILES string of the molecule is CCCNC(CC(CC)CC)c1ncc(C)cc1C. The van der Waals surface area contributed by atoms with Crippen LogP contribution < -0.4 is 5.32 Å². The second-order valence-corrected chi connectivity index (χ2v) is 5.64. The zero-order chi connectivity index (χ0) is 14.3. The van der Waals surface area contributed by atoms with E-state index in [0.29, 0.717) is 6.04 Å². The fraction of sp³-hybridized carbons (Fsp3) is 0.706. The van der Waals surface area contributed by atoms with Crippen LogP contribution in [0.1, 0.15) is 69.3 Å². The number of nitrogens with zero attached hydrogens (tertiary/aromatic N) is 1. The molecule has 0 spiro atoms. The average Bonchev–Trinajstić information content (AvgIpc) is 2.40. The number of aromatic nitrogens is 1. The lowest BCUT2D eigenvalue weighted by Gasteiger charge is -2.24. The third-order valence-corrected chi connectivity index (χ3v) is 3.95. The minimum Gasteiger partial charge on any atom is -0.309 e. The number of hydrogen-bond acceptors (Lipinski definition) is 2. The van der Waals surface area contributed by atoms with Crippen LogP contribution in [-0.2, 0) is 0 Å². The van der Waals surface area contributed by atoms with Crippen LogP contribution in [0.25, 0.3) is 0 Å². The normalized spacial score (nSPS) is 12.9. The highest BCUT2D eigenvalue weighted by molar-refractivity contribution is 5.25. The molecular formula is C17H30N2. The molecule has 19 heavy (non-hydrogen) atoms. The molecule has 1 aromatic heterocycles. The molecule has 1 N–H and O–H groups in total. The second kappa shape index (κ2) is 8.31. The van der Waals surface area contributed by atoms with Gasteiger partial charge in [-0.15, -0.1) is 0 Å². The van der Waals surface area contributed by atoms with E-state index in [4.69, 9.17) is 4.98 Å². The quantitative estimate of drug-likeness (QED) is 0.742. The molecule has 0 amide bonds. The molecule has 0 aliphatic carbocycles. The van der Waals surface area contributed by atoms with E-state index in [1.165, 1.54) is 42.5 Å². The summed E-state index contributed by atoms with van der Waals surface area (Å²) < 4.78 is 0. The van der Waals surface area contributed by atoms with Gasteiger partial charge in [0, 0.05) is 6.20 Å². The highest BCUT2D eigenvalue weighted by atomic mass is 14.9. The van der Waals surface area contributed by atoms with Gasteiger partial charge in [0.1, 0.15) is 0 Å². The third kappa shape index (κ3) is 4.94. The minimum atomic E-state index is 0.408. The molecule has 0 saturated carbocycles. The van der Waals surface area contributed by atoms with Crippen LogP contribution in [0.15, 0.2) is 12.3 Å². The number of nitrogens with one attached hydrogen (secondary N) is 1. The molecule has 0 bridgehead atoms. The lowest BCUT2D eigenvalue weighted by atomic mass is 9.91. The summed E-state index contributed by atoms with van der Waals surface area (Å²) in [7, 11) is 0. The standard InChI is InChI=1S/C17H30N2/c1-6-9-18-16(11-15(7-2)8-3)17-14(5)10-13(4)12-19-17/h10,12,15-16,18H,6-9,11H2,1-5H3. The zero-order valence-electron chi connectivity index (χ0n) is 13.3. The van der Waals surface area contributed by atoms with Crippen molar-refractivity contribution in [2.24, 2.45) is 5.92 Å². The fourth-order valence-electron chi connectivity index (χ4n) is 2.66. The Morgan fingerprint density at radius 2 is 1.84 bits per heavy atom. The third-order valence-electron chi connectivity index (χ3n) is 3.95. The van der Waals surface area contributed by atoms with Crippen LogP contribution in [0.3, 0.4) is 0 Å². The van der Waals surface area contributed by atoms with E-state index in [9.17, 15) is 0 Å². The Kier molecular flexibility index (Phi) is 7.07. The monoisotopic (exact) mass is 262 g/mol. The Hall–Kier alpha value is -0.890. The van der Waals surface area contributed by atoms with Gasteiger partial charge < -0.3 is 5.32 Å². The lowest BCUT2D eigenvalue weighted by Crippen LogP contribution is -2.26. The number of hydrogen-bond donors (Lipinski definition) is 1. The van der Waals surface area contributed by atoms with Crippen molar-refractivity contribution in [3.8, 4) is 0 Å². The van der Waals surface area contributed by atoms with E-state index in [1.807, 2.05) is 6.20 Å². The first kappa shape index (κ1) is 16.2. The summed E-state index contributed by atoms with van der Waals surface area (Å²) in [6.45, 7) is 12.2. The van der Waals surface area contributed by atoms with Gasteiger partial charge in [-0.05, 0) is 50.3 Å². The van der Waals surface area contributed by atoms with E-state index in [0.717, 1.165) is 12.5 Å². The van der Waals surface area contributed by atoms with Gasteiger partial charge in [0.2, 0.25) is 0 Å². The summed E-state index contributed by atoms with van der Waals surface area (Å²) >= 11 is 0. The summed E-state index contributed by atoms with van der Waals surface area (Å²) in [6, 6.07) is 2.65. The molecule has 0 aliphatic rings. The highest BCUT2D eigenvalue weighted by Crippen LogP contribution is 2.26. The van der Waals surface area contributed by atoms with Crippen LogP contribution in [0.2, 0.25) is 0 Å². The summed E-state index contributed by atoms with van der Waals surface area (Å²) in [4.78, 5) is 4.69. The van der Waals surface area contributed by atoms with Crippen LogP contribution >= 0.6 is 0 Å². The molecule has 1 aromatic rings. The molecule has 1 rings (SSSR count). The van der Waals surface area contributed by atoms with Crippen LogP contribution in [-0.4, -0.2) is 11.5 Å². The summed E-state index contributed by atoms with van der Waals surface area (Å²) in [6.07, 6.45) is 6.88. The molecule has 0 aromatic carbocycles. The summed E-state index contributed by atoms with van der Waals surface area (Å²) in [5.74, 6) is 0.789. The Balaban J connectivity index is 2.88. The van der Waals surface area contributed by atoms with E-state index in [-0.39, 0.29) is 0 Å². The second-order valence-electron chi connectivity index (χ2n) is 5.64. The molecule has 1 atom stereocenters. The van der Waals surface area contributed by atoms with E-state index < -0.39 is 0 Å². The molecule has 1 unspecified atom stereocenters. The maximum absolute atomic E-state index is 4.69. The molecular weight excluding hydrogens is 232 g/mol. The van der Waals surface area contributed by atoms with E-state index in [2.05, 4.69) is 46.0 Å². The molecule has 1 heterocycles. The fourth-order valence-corrected chi connectivity index (χ4v) is 2.66. The number of aryl methyl sites for hydroxylation is 2. The lowest BCUT2D eigenvalue weighted by molar-refractivity contribution is 0.365. The van der Waals surface area contributed by atoms with Crippen LogP contribution in [0, 0.1) is 19.8 Å². The van der Waals surface area contributed by atoms with Gasteiger partial charge in [0.25, 0.3) is 0 Å². The van der Waals surface area contributed by atoms with Gasteiger partial charge >= 0.3 is 0 Å². The van der Waals surface area contributed by atoms with Crippen molar-refractivity contribution < 1.29 is 0 Å². The van der Waals surface area contributed by atoms with Crippen molar-refractivity contribution >= 4 is 0 Å². The van der Waals surface area contributed by atoms with Gasteiger partial charge in [-0.2, -0.15) is 0 Å². The first-order chi connectivity index (χ1) is 9.12. The van der Waals surface area contributed by atoms with E-state index >= 15 is 0 Å². The topological polar surface area (TPSA) is 24.9 Å². The van der Waals surface area contributed by atoms with Crippen LogP contribution in [0.4, 0.5) is 0 Å². The molecule has 0 fully saturated rings. The molecule has 0 saturated heterocycles. The molecule has 0 radical (unpaired) electrons. The molecule has 108 valence electrons. The maximum atomic E-state index is 4.69. The van der Waals surface area contributed by atoms with Gasteiger partial charge in [0.05, 0.1) is 11.7 Å². The number of pyridine rings is 1. The van der Waals surface area contributed by atoms with Crippen molar-refractivity contribution in [2.45, 2.75) is 66.3 Å². The van der Waals surface area contributed by atoms with Gasteiger partial charge in [-0.1, -0.05) is 39.7 Å². The van der Waals surface area contributed by atoms with Gasteiger partial charge in [-0.3, -0.25) is 4.98 Å². The molecule has 2 nitrogen and oxygen atoms in total. The smallest absolute Gasteiger partial charge is 0.0602 e. The maximum Gasteiger partial charge on any atom is 0.0602 e. The van der Waals surface area contributed by atoms with Gasteiger partial charge in [0.15, 0.2) is 0 Å². The minimum absolute atomic E-state index is 0.408. The molecule has 0 aliphatic heterocycles. The van der Waals surface area contributed by atoms with Crippen LogP contribution in [0.5, 0.6) is 0 Å². The van der Waals surface area contributed by atoms with Crippen molar-refractivity contribution in [1.82, 2.24) is 10.3 Å². The van der Waals surface area contributed by atoms with Crippen molar-refractivity contribution in [1.29, 1.82) is 0 Å². The average molecular weight is 262 g/mol. The Morgan fingerprint density at radius 1 is 1.16 bits per heavy atom. The van der Waals surface area contributed by atoms with Crippen molar-refractivity contribution in [3.05, 3.63) is 29.1 Å². The Morgan fingerprint density at radius 3 is 2.37 bits per heavy atom. The Labute approximate surface area is 119 Å². The van der Waals surface area contributed by atoms with Crippen molar-refractivity contribution in [3.63, 3.8) is 0 Å². The largest absolute Gasteiger partial charge is 0.309 e. The highest BCUT2D eigenvalue weighted by Gasteiger charge is 2.18. The van der Waals surface area contributed by atoms with Crippen molar-refractivity contribution in [2.75, 3.05) is 6.54 Å². The predicted octanol–water partition coefficient (Wildman–Crippen LogP) is 4.57.